The topological polar surface area (TPSA) is 55.5 Å². The molecule has 8 heteroatoms. The van der Waals surface area contributed by atoms with Gasteiger partial charge in [0.2, 0.25) is 29.1 Å². The molecule has 0 aliphatic rings. The van der Waals surface area contributed by atoms with Crippen molar-refractivity contribution in [2.24, 2.45) is 5.73 Å². The van der Waals surface area contributed by atoms with Crippen LogP contribution in [0.1, 0.15) is 0 Å². The van der Waals surface area contributed by atoms with Crippen molar-refractivity contribution < 1.29 is 31.8 Å². The zero-order valence-electron chi connectivity index (χ0n) is 8.31. The number of ether oxygens (including phenoxy) is 1. The first-order chi connectivity index (χ1) is 7.90. The predicted molar refractivity (Wildman–Crippen MR) is 46.8 cm³/mol. The number of aliphatic hydroxyl groups excluding tert-OH is 1. The van der Waals surface area contributed by atoms with Crippen molar-refractivity contribution in [2.75, 3.05) is 13.2 Å². The Morgan fingerprint density at radius 3 is 1.76 bits per heavy atom. The summed E-state index contributed by atoms with van der Waals surface area (Å²) < 4.78 is 68.4. The molecule has 1 rings (SSSR count). The second kappa shape index (κ2) is 5.28. The molecule has 3 N–H and O–H groups in total. The second-order valence-electron chi connectivity index (χ2n) is 3.15. The molecule has 0 heterocycles. The van der Waals surface area contributed by atoms with Gasteiger partial charge < -0.3 is 15.6 Å². The molecular weight excluding hydrogens is 249 g/mol. The van der Waals surface area contributed by atoms with E-state index in [9.17, 15) is 22.0 Å². The Morgan fingerprint density at radius 1 is 0.941 bits per heavy atom. The van der Waals surface area contributed by atoms with Crippen molar-refractivity contribution in [3.8, 4) is 5.75 Å². The SMILES string of the molecule is NC(CO)COc1c(F)c(F)c(F)c(F)c1F. The normalized spacial score (nSPS) is 12.6. The Balaban J connectivity index is 3.07. The monoisotopic (exact) mass is 257 g/mol. The molecular formula is C9H8F5NO2. The van der Waals surface area contributed by atoms with Gasteiger partial charge in [-0.1, -0.05) is 0 Å². The van der Waals surface area contributed by atoms with Crippen LogP contribution in [0.3, 0.4) is 0 Å². The molecule has 3 nitrogen and oxygen atoms in total. The summed E-state index contributed by atoms with van der Waals surface area (Å²) in [5.74, 6) is -12.0. The van der Waals surface area contributed by atoms with Gasteiger partial charge in [-0.25, -0.2) is 13.2 Å². The molecule has 17 heavy (non-hydrogen) atoms. The molecule has 0 amide bonds. The van der Waals surface area contributed by atoms with Crippen LogP contribution in [0, 0.1) is 29.1 Å². The lowest BCUT2D eigenvalue weighted by atomic mass is 10.2. The maximum Gasteiger partial charge on any atom is 0.206 e. The van der Waals surface area contributed by atoms with Crippen molar-refractivity contribution in [1.82, 2.24) is 0 Å². The first kappa shape index (κ1) is 13.7. The third kappa shape index (κ3) is 2.64. The number of hydrogen-bond acceptors (Lipinski definition) is 3. The average Bonchev–Trinajstić information content (AvgIpc) is 2.33. The van der Waals surface area contributed by atoms with Crippen LogP contribution >= 0.6 is 0 Å². The molecule has 0 aromatic heterocycles. The van der Waals surface area contributed by atoms with Crippen LogP contribution < -0.4 is 10.5 Å². The van der Waals surface area contributed by atoms with Crippen LogP contribution in [-0.2, 0) is 0 Å². The molecule has 0 aliphatic carbocycles. The molecule has 96 valence electrons. The van der Waals surface area contributed by atoms with E-state index >= 15 is 0 Å². The van der Waals surface area contributed by atoms with Crippen LogP contribution in [0.25, 0.3) is 0 Å². The summed E-state index contributed by atoms with van der Waals surface area (Å²) >= 11 is 0. The number of hydrogen-bond donors (Lipinski definition) is 2. The lowest BCUT2D eigenvalue weighted by molar-refractivity contribution is 0.192. The minimum Gasteiger partial charge on any atom is -0.486 e. The molecule has 0 bridgehead atoms. The number of rotatable bonds is 4. The van der Waals surface area contributed by atoms with Gasteiger partial charge >= 0.3 is 0 Å². The zero-order valence-corrected chi connectivity index (χ0v) is 8.31. The predicted octanol–water partition coefficient (Wildman–Crippen LogP) is 1.08. The summed E-state index contributed by atoms with van der Waals surface area (Å²) in [6.07, 6.45) is 0. The van der Waals surface area contributed by atoms with E-state index in [2.05, 4.69) is 4.74 Å². The molecule has 1 atom stereocenters. The second-order valence-corrected chi connectivity index (χ2v) is 3.15. The fraction of sp³-hybridized carbons (Fsp3) is 0.333. The highest BCUT2D eigenvalue weighted by atomic mass is 19.2. The number of halogens is 5. The summed E-state index contributed by atoms with van der Waals surface area (Å²) in [6.45, 7) is -1.15. The number of benzene rings is 1. The summed E-state index contributed by atoms with van der Waals surface area (Å²) in [5, 5.41) is 8.50. The number of nitrogens with two attached hydrogens (primary N) is 1. The van der Waals surface area contributed by atoms with Gasteiger partial charge in [0.05, 0.1) is 12.6 Å². The van der Waals surface area contributed by atoms with Crippen LogP contribution in [0.2, 0.25) is 0 Å². The van der Waals surface area contributed by atoms with Crippen LogP contribution in [0.15, 0.2) is 0 Å². The van der Waals surface area contributed by atoms with Gasteiger partial charge in [-0.15, -0.1) is 0 Å². The van der Waals surface area contributed by atoms with Crippen LogP contribution in [-0.4, -0.2) is 24.4 Å². The molecule has 0 saturated heterocycles. The largest absolute Gasteiger partial charge is 0.486 e. The lowest BCUT2D eigenvalue weighted by Crippen LogP contribution is -2.31. The van der Waals surface area contributed by atoms with Gasteiger partial charge in [0.15, 0.2) is 5.75 Å². The van der Waals surface area contributed by atoms with Gasteiger partial charge in [-0.3, -0.25) is 0 Å². The molecule has 1 aromatic carbocycles. The maximum absolute atomic E-state index is 13.0. The Hall–Kier alpha value is -1.41. The highest BCUT2D eigenvalue weighted by molar-refractivity contribution is 5.29. The molecule has 0 fully saturated rings. The maximum atomic E-state index is 13.0. The molecule has 0 radical (unpaired) electrons. The molecule has 1 aromatic rings. The van der Waals surface area contributed by atoms with E-state index < -0.39 is 54.1 Å². The van der Waals surface area contributed by atoms with E-state index in [1.807, 2.05) is 0 Å². The summed E-state index contributed by atoms with van der Waals surface area (Å²) in [6, 6.07) is -0.995. The van der Waals surface area contributed by atoms with Gasteiger partial charge in [-0.05, 0) is 0 Å². The lowest BCUT2D eigenvalue weighted by Gasteiger charge is -2.12. The highest BCUT2D eigenvalue weighted by Crippen LogP contribution is 2.28. The quantitative estimate of drug-likeness (QED) is 0.482. The smallest absolute Gasteiger partial charge is 0.206 e. The fourth-order valence-corrected chi connectivity index (χ4v) is 0.955. The van der Waals surface area contributed by atoms with Crippen molar-refractivity contribution in [3.05, 3.63) is 29.1 Å². The summed E-state index contributed by atoms with van der Waals surface area (Å²) in [4.78, 5) is 0. The Morgan fingerprint density at radius 2 is 1.35 bits per heavy atom. The molecule has 1 unspecified atom stereocenters. The first-order valence-electron chi connectivity index (χ1n) is 4.40. The van der Waals surface area contributed by atoms with Crippen LogP contribution in [0.5, 0.6) is 5.75 Å². The van der Waals surface area contributed by atoms with Crippen molar-refractivity contribution in [3.63, 3.8) is 0 Å². The Kier molecular flexibility index (Phi) is 4.24. The highest BCUT2D eigenvalue weighted by Gasteiger charge is 2.27. The first-order valence-corrected chi connectivity index (χ1v) is 4.40. The van der Waals surface area contributed by atoms with Gasteiger partial charge in [0.1, 0.15) is 6.61 Å². The molecule has 0 aliphatic heterocycles. The minimum absolute atomic E-state index is 0.560. The average molecular weight is 257 g/mol. The van der Waals surface area contributed by atoms with E-state index in [4.69, 9.17) is 10.8 Å². The van der Waals surface area contributed by atoms with E-state index in [0.717, 1.165) is 0 Å². The van der Waals surface area contributed by atoms with E-state index in [0.29, 0.717) is 0 Å². The van der Waals surface area contributed by atoms with E-state index in [1.165, 1.54) is 0 Å². The third-order valence-electron chi connectivity index (χ3n) is 1.85. The van der Waals surface area contributed by atoms with Gasteiger partial charge in [-0.2, -0.15) is 8.78 Å². The van der Waals surface area contributed by atoms with Crippen molar-refractivity contribution in [2.45, 2.75) is 6.04 Å². The standard InChI is InChI=1S/C9H8F5NO2/c10-4-5(11)7(13)9(8(14)6(4)12)17-2-3(15)1-16/h3,16H,1-2,15H2. The summed E-state index contributed by atoms with van der Waals surface area (Å²) in [5.41, 5.74) is 5.15. The Bertz CT molecular complexity index is 397. The van der Waals surface area contributed by atoms with E-state index in [-0.39, 0.29) is 0 Å². The van der Waals surface area contributed by atoms with Gasteiger partial charge in [0, 0.05) is 0 Å². The Labute approximate surface area is 92.6 Å². The van der Waals surface area contributed by atoms with Crippen LogP contribution in [0.4, 0.5) is 22.0 Å². The van der Waals surface area contributed by atoms with Crippen molar-refractivity contribution in [1.29, 1.82) is 0 Å². The third-order valence-corrected chi connectivity index (χ3v) is 1.85. The summed E-state index contributed by atoms with van der Waals surface area (Å²) in [7, 11) is 0. The van der Waals surface area contributed by atoms with E-state index in [1.54, 1.807) is 0 Å². The van der Waals surface area contributed by atoms with Gasteiger partial charge in [0.25, 0.3) is 0 Å². The van der Waals surface area contributed by atoms with Crippen molar-refractivity contribution >= 4 is 0 Å². The minimum atomic E-state index is -2.26. The molecule has 0 spiro atoms. The molecule has 0 saturated carbocycles. The number of aliphatic hydroxyl groups is 1. The zero-order chi connectivity index (χ0) is 13.2. The fourth-order valence-electron chi connectivity index (χ4n) is 0.955.